The van der Waals surface area contributed by atoms with Crippen molar-refractivity contribution in [2.24, 2.45) is 0 Å². The van der Waals surface area contributed by atoms with Crippen molar-refractivity contribution >= 4 is 11.9 Å². The van der Waals surface area contributed by atoms with Crippen LogP contribution in [-0.4, -0.2) is 89.0 Å². The molecule has 1 aliphatic heterocycles. The molecule has 0 aromatic carbocycles. The van der Waals surface area contributed by atoms with Crippen molar-refractivity contribution in [1.82, 2.24) is 0 Å². The molecule has 1 fully saturated rings. The lowest BCUT2D eigenvalue weighted by atomic mass is 9.99. The minimum Gasteiger partial charge on any atom is -0.462 e. The monoisotopic (exact) mass is 879 g/mol. The summed E-state index contributed by atoms with van der Waals surface area (Å²) in [5.74, 6) is -0.858. The van der Waals surface area contributed by atoms with Crippen molar-refractivity contribution in [3.63, 3.8) is 0 Å². The van der Waals surface area contributed by atoms with Crippen LogP contribution in [0.2, 0.25) is 0 Å². The van der Waals surface area contributed by atoms with Crippen LogP contribution in [0, 0.1) is 0 Å². The van der Waals surface area contributed by atoms with Crippen molar-refractivity contribution in [1.29, 1.82) is 0 Å². The van der Waals surface area contributed by atoms with Crippen LogP contribution in [0.1, 0.15) is 226 Å². The fourth-order valence-corrected chi connectivity index (χ4v) is 7.74. The number of carbonyl (C=O) groups excluding carboxylic acids is 2. The predicted molar refractivity (Wildman–Crippen MR) is 252 cm³/mol. The lowest BCUT2D eigenvalue weighted by molar-refractivity contribution is -0.305. The van der Waals surface area contributed by atoms with Crippen LogP contribution in [0.5, 0.6) is 0 Å². The molecular weight excluding hydrogens is 785 g/mol. The molecule has 0 aromatic rings. The van der Waals surface area contributed by atoms with Crippen molar-refractivity contribution < 1.29 is 49.0 Å². The highest BCUT2D eigenvalue weighted by molar-refractivity contribution is 5.70. The average Bonchev–Trinajstić information content (AvgIpc) is 3.27. The normalized spacial score (nSPS) is 19.9. The van der Waals surface area contributed by atoms with Crippen LogP contribution >= 0.6 is 0 Å². The number of hydrogen-bond donors (Lipinski definition) is 4. The van der Waals surface area contributed by atoms with Crippen LogP contribution in [0.15, 0.2) is 36.5 Å². The second-order valence-electron chi connectivity index (χ2n) is 17.6. The molecule has 1 heterocycles. The topological polar surface area (TPSA) is 152 Å². The maximum Gasteiger partial charge on any atom is 0.306 e. The third-order valence-electron chi connectivity index (χ3n) is 11.8. The van der Waals surface area contributed by atoms with E-state index in [0.29, 0.717) is 12.8 Å². The number of esters is 2. The molecule has 0 aromatic heterocycles. The van der Waals surface area contributed by atoms with Crippen LogP contribution in [0.3, 0.4) is 0 Å². The summed E-state index contributed by atoms with van der Waals surface area (Å²) in [5.41, 5.74) is 0. The minimum absolute atomic E-state index is 0.206. The molecule has 0 radical (unpaired) electrons. The number of allylic oxidation sites excluding steroid dienone is 6. The molecule has 1 saturated heterocycles. The summed E-state index contributed by atoms with van der Waals surface area (Å²) >= 11 is 0. The summed E-state index contributed by atoms with van der Waals surface area (Å²) in [6.45, 7) is 3.40. The molecular formula is C52H94O10. The molecule has 0 spiro atoms. The van der Waals surface area contributed by atoms with Gasteiger partial charge in [-0.3, -0.25) is 9.59 Å². The first-order chi connectivity index (χ1) is 30.3. The van der Waals surface area contributed by atoms with E-state index in [1.54, 1.807) is 0 Å². The zero-order chi connectivity index (χ0) is 45.1. The van der Waals surface area contributed by atoms with E-state index in [2.05, 4.69) is 50.3 Å². The van der Waals surface area contributed by atoms with E-state index in [1.807, 2.05) is 0 Å². The van der Waals surface area contributed by atoms with Crippen LogP contribution in [-0.2, 0) is 28.5 Å². The van der Waals surface area contributed by atoms with Gasteiger partial charge in [0.1, 0.15) is 31.0 Å². The summed E-state index contributed by atoms with van der Waals surface area (Å²) < 4.78 is 22.2. The maximum absolute atomic E-state index is 12.8. The first kappa shape index (κ1) is 57.9. The van der Waals surface area contributed by atoms with Crippen LogP contribution in [0.25, 0.3) is 0 Å². The largest absolute Gasteiger partial charge is 0.462 e. The number of rotatable bonds is 43. The van der Waals surface area contributed by atoms with Gasteiger partial charge in [-0.1, -0.05) is 204 Å². The Bertz CT molecular complexity index is 1110. The molecule has 0 aliphatic carbocycles. The summed E-state index contributed by atoms with van der Waals surface area (Å²) in [4.78, 5) is 25.4. The molecule has 2 unspecified atom stereocenters. The van der Waals surface area contributed by atoms with Crippen molar-refractivity contribution in [3.8, 4) is 0 Å². The van der Waals surface area contributed by atoms with Gasteiger partial charge in [0, 0.05) is 12.8 Å². The standard InChI is InChI=1S/C52H94O10/c1-3-5-7-9-11-13-15-17-19-21-22-23-25-27-29-31-33-35-37-39-41-48(55)61-45(44-60-52-51(58)50(57)49(56)46(42-53)62-52)43-59-47(54)40-38-36-34-32-30-28-26-24-20-18-16-14-12-10-8-6-4-2/h18,20,26,28,32,34,45-46,49-53,56-58H,3-17,19,21-25,27,29-31,33,35-44H2,1-2H3/b20-18+,28-26+,34-32+/t45-,46-,49+,50?,51?,52-/m1/s1. The van der Waals surface area contributed by atoms with Gasteiger partial charge in [-0.25, -0.2) is 0 Å². The highest BCUT2D eigenvalue weighted by Gasteiger charge is 2.44. The number of hydrogen-bond acceptors (Lipinski definition) is 10. The number of carbonyl (C=O) groups is 2. The Morgan fingerprint density at radius 2 is 0.919 bits per heavy atom. The highest BCUT2D eigenvalue weighted by atomic mass is 16.7. The fourth-order valence-electron chi connectivity index (χ4n) is 7.74. The molecule has 0 saturated carbocycles. The predicted octanol–water partition coefficient (Wildman–Crippen LogP) is 11.8. The van der Waals surface area contributed by atoms with Gasteiger partial charge in [0.15, 0.2) is 12.4 Å². The van der Waals surface area contributed by atoms with Gasteiger partial charge < -0.3 is 39.4 Å². The Morgan fingerprint density at radius 1 is 0.500 bits per heavy atom. The van der Waals surface area contributed by atoms with Gasteiger partial charge in [-0.05, 0) is 44.9 Å². The third kappa shape index (κ3) is 33.4. The van der Waals surface area contributed by atoms with Gasteiger partial charge in [-0.2, -0.15) is 0 Å². The van der Waals surface area contributed by atoms with Gasteiger partial charge in [0.25, 0.3) is 0 Å². The van der Waals surface area contributed by atoms with Crippen molar-refractivity contribution in [2.45, 2.75) is 263 Å². The second-order valence-corrected chi connectivity index (χ2v) is 17.6. The minimum atomic E-state index is -1.60. The summed E-state index contributed by atoms with van der Waals surface area (Å²) in [6, 6.07) is 0. The molecule has 6 atom stereocenters. The van der Waals surface area contributed by atoms with E-state index in [0.717, 1.165) is 44.9 Å². The number of unbranched alkanes of at least 4 members (excludes halogenated alkanes) is 26. The quantitative estimate of drug-likeness (QED) is 0.0265. The lowest BCUT2D eigenvalue weighted by Gasteiger charge is -2.39. The number of aliphatic hydroxyl groups is 4. The van der Waals surface area contributed by atoms with E-state index in [4.69, 9.17) is 18.9 Å². The van der Waals surface area contributed by atoms with Crippen LogP contribution < -0.4 is 0 Å². The van der Waals surface area contributed by atoms with Gasteiger partial charge in [-0.15, -0.1) is 0 Å². The maximum atomic E-state index is 12.8. The first-order valence-corrected chi connectivity index (χ1v) is 25.6. The second kappa shape index (κ2) is 42.8. The van der Waals surface area contributed by atoms with E-state index in [9.17, 15) is 30.0 Å². The van der Waals surface area contributed by atoms with Crippen molar-refractivity contribution in [2.75, 3.05) is 19.8 Å². The Hall–Kier alpha value is -2.08. The zero-order valence-corrected chi connectivity index (χ0v) is 39.6. The molecule has 62 heavy (non-hydrogen) atoms. The van der Waals surface area contributed by atoms with E-state index >= 15 is 0 Å². The van der Waals surface area contributed by atoms with Gasteiger partial charge >= 0.3 is 11.9 Å². The third-order valence-corrected chi connectivity index (χ3v) is 11.8. The Balaban J connectivity index is 2.29. The fraction of sp³-hybridized carbons (Fsp3) is 0.846. The summed E-state index contributed by atoms with van der Waals surface area (Å²) in [7, 11) is 0. The summed E-state index contributed by atoms with van der Waals surface area (Å²) in [6.07, 6.45) is 43.0. The molecule has 0 bridgehead atoms. The van der Waals surface area contributed by atoms with E-state index < -0.39 is 55.4 Å². The molecule has 362 valence electrons. The number of ether oxygens (including phenoxy) is 4. The van der Waals surface area contributed by atoms with Gasteiger partial charge in [0.2, 0.25) is 0 Å². The summed E-state index contributed by atoms with van der Waals surface area (Å²) in [5, 5.41) is 40.2. The average molecular weight is 879 g/mol. The number of aliphatic hydroxyl groups excluding tert-OH is 4. The molecule has 1 aliphatic rings. The smallest absolute Gasteiger partial charge is 0.306 e. The first-order valence-electron chi connectivity index (χ1n) is 25.6. The van der Waals surface area contributed by atoms with Gasteiger partial charge in [0.05, 0.1) is 13.2 Å². The molecule has 4 N–H and O–H groups in total. The molecule has 10 heteroatoms. The molecule has 1 rings (SSSR count). The van der Waals surface area contributed by atoms with E-state index in [1.165, 1.54) is 141 Å². The highest BCUT2D eigenvalue weighted by Crippen LogP contribution is 2.23. The Kier molecular flexibility index (Phi) is 40.0. The zero-order valence-electron chi connectivity index (χ0n) is 39.6. The van der Waals surface area contributed by atoms with Crippen molar-refractivity contribution in [3.05, 3.63) is 36.5 Å². The van der Waals surface area contributed by atoms with Crippen LogP contribution in [0.4, 0.5) is 0 Å². The Labute approximate surface area is 378 Å². The SMILES string of the molecule is CCCCCCCC/C=C/C/C=C/C/C=C/CCCC(=O)OC[C@H](CO[C@@H]1O[C@H](CO)[C@H](O)C(O)C1O)OC(=O)CCCCCCCCCCCCCCCCCCCCCC. The Morgan fingerprint density at radius 3 is 1.40 bits per heavy atom. The lowest BCUT2D eigenvalue weighted by Crippen LogP contribution is -2.59. The molecule has 10 nitrogen and oxygen atoms in total. The van der Waals surface area contributed by atoms with E-state index in [-0.39, 0.29) is 26.1 Å². The molecule has 0 amide bonds.